The molecule has 4 N–H and O–H groups in total. The highest BCUT2D eigenvalue weighted by Crippen LogP contribution is 2.29. The number of carbonyl (C=O) groups excluding carboxylic acids is 1. The highest BCUT2D eigenvalue weighted by atomic mass is 79.9. The number of aromatic nitrogens is 2. The molecule has 0 saturated carbocycles. The molecule has 0 bridgehead atoms. The molecule has 1 atom stereocenters. The van der Waals surface area contributed by atoms with E-state index in [1.807, 2.05) is 32.0 Å². The van der Waals surface area contributed by atoms with Gasteiger partial charge in [-0.1, -0.05) is 28.1 Å². The second-order valence-corrected chi connectivity index (χ2v) is 9.64. The normalized spacial score (nSPS) is 17.4. The molecule has 34 heavy (non-hydrogen) atoms. The maximum Gasteiger partial charge on any atom is 0.257 e. The monoisotopic (exact) mass is 525 g/mol. The van der Waals surface area contributed by atoms with E-state index in [4.69, 9.17) is 9.72 Å². The van der Waals surface area contributed by atoms with Crippen molar-refractivity contribution in [2.45, 2.75) is 20.0 Å². The van der Waals surface area contributed by atoms with Crippen LogP contribution < -0.4 is 15.5 Å². The standard InChI is InChI=1S/C25H28BrN5O3/c1-14-3-4-16(10-18(14)26)21(32)13-27-20-12-28-25(33)22(20)24-29-19-11-17(9-15(2)23(19)30-24)31-5-7-34-8-6-31/h3-4,9-11,21,27,32H,5-8,12-13H2,1-2H3,(H,28,33)(H,29,30). The van der Waals surface area contributed by atoms with Gasteiger partial charge in [-0.15, -0.1) is 0 Å². The molecule has 2 aliphatic rings. The Balaban J connectivity index is 1.41. The highest BCUT2D eigenvalue weighted by Gasteiger charge is 2.27. The van der Waals surface area contributed by atoms with Crippen LogP contribution in [0.25, 0.3) is 16.6 Å². The number of fused-ring (bicyclic) bond motifs is 1. The minimum atomic E-state index is -0.713. The minimum absolute atomic E-state index is 0.180. The first-order chi connectivity index (χ1) is 16.4. The molecule has 1 saturated heterocycles. The Bertz CT molecular complexity index is 1280. The molecule has 3 heterocycles. The van der Waals surface area contributed by atoms with E-state index >= 15 is 0 Å². The van der Waals surface area contributed by atoms with Gasteiger partial charge in [-0.3, -0.25) is 4.79 Å². The third kappa shape index (κ3) is 4.43. The molecule has 2 aliphatic heterocycles. The van der Waals surface area contributed by atoms with Crippen molar-refractivity contribution in [3.8, 4) is 0 Å². The van der Waals surface area contributed by atoms with Crippen molar-refractivity contribution in [3.63, 3.8) is 0 Å². The van der Waals surface area contributed by atoms with Gasteiger partial charge in [0.1, 0.15) is 11.4 Å². The number of anilines is 1. The van der Waals surface area contributed by atoms with Crippen LogP contribution in [-0.2, 0) is 9.53 Å². The van der Waals surface area contributed by atoms with Crippen molar-refractivity contribution in [2.75, 3.05) is 44.3 Å². The second-order valence-electron chi connectivity index (χ2n) is 8.79. The number of hydrogen-bond acceptors (Lipinski definition) is 6. The number of rotatable bonds is 6. The molecule has 0 aliphatic carbocycles. The average Bonchev–Trinajstić information content (AvgIpc) is 3.43. The number of aryl methyl sites for hydroxylation is 2. The first-order valence-electron chi connectivity index (χ1n) is 11.4. The van der Waals surface area contributed by atoms with E-state index in [2.05, 4.69) is 48.6 Å². The highest BCUT2D eigenvalue weighted by molar-refractivity contribution is 9.10. The van der Waals surface area contributed by atoms with Gasteiger partial charge >= 0.3 is 0 Å². The van der Waals surface area contributed by atoms with Gasteiger partial charge in [-0.2, -0.15) is 0 Å². The van der Waals surface area contributed by atoms with Crippen LogP contribution in [0.1, 0.15) is 28.6 Å². The lowest BCUT2D eigenvalue weighted by molar-refractivity contribution is -0.114. The largest absolute Gasteiger partial charge is 0.387 e. The topological polar surface area (TPSA) is 103 Å². The van der Waals surface area contributed by atoms with Crippen LogP contribution in [0.2, 0.25) is 0 Å². The summed E-state index contributed by atoms with van der Waals surface area (Å²) in [7, 11) is 0. The zero-order valence-corrected chi connectivity index (χ0v) is 20.8. The average molecular weight is 526 g/mol. The summed E-state index contributed by atoms with van der Waals surface area (Å²) >= 11 is 3.52. The Morgan fingerprint density at radius 3 is 2.76 bits per heavy atom. The second kappa shape index (κ2) is 9.40. The number of carbonyl (C=O) groups is 1. The Morgan fingerprint density at radius 2 is 2.00 bits per heavy atom. The lowest BCUT2D eigenvalue weighted by Crippen LogP contribution is -2.36. The predicted molar refractivity (Wildman–Crippen MR) is 136 cm³/mol. The summed E-state index contributed by atoms with van der Waals surface area (Å²) in [5.74, 6) is 0.350. The van der Waals surface area contributed by atoms with E-state index in [1.54, 1.807) is 0 Å². The summed E-state index contributed by atoms with van der Waals surface area (Å²) in [6.07, 6.45) is -0.713. The summed E-state index contributed by atoms with van der Waals surface area (Å²) < 4.78 is 6.43. The fourth-order valence-electron chi connectivity index (χ4n) is 4.43. The molecule has 0 spiro atoms. The number of halogens is 1. The molecule has 9 heteroatoms. The van der Waals surface area contributed by atoms with Crippen molar-refractivity contribution in [1.29, 1.82) is 0 Å². The number of morpholine rings is 1. The van der Waals surface area contributed by atoms with Gasteiger partial charge in [0.2, 0.25) is 0 Å². The van der Waals surface area contributed by atoms with Gasteiger partial charge in [0.15, 0.2) is 0 Å². The Hall–Kier alpha value is -2.88. The lowest BCUT2D eigenvalue weighted by Gasteiger charge is -2.29. The quantitative estimate of drug-likeness (QED) is 0.394. The lowest BCUT2D eigenvalue weighted by atomic mass is 10.1. The number of nitrogens with zero attached hydrogens (tertiary/aromatic N) is 2. The molecule has 1 fully saturated rings. The summed E-state index contributed by atoms with van der Waals surface area (Å²) in [5.41, 5.74) is 7.04. The maximum atomic E-state index is 12.7. The number of nitrogens with one attached hydrogen (secondary N) is 3. The van der Waals surface area contributed by atoms with Crippen molar-refractivity contribution in [1.82, 2.24) is 20.6 Å². The third-order valence-corrected chi connectivity index (χ3v) is 7.27. The molecule has 5 rings (SSSR count). The number of hydrogen-bond donors (Lipinski definition) is 4. The van der Waals surface area contributed by atoms with Gasteiger partial charge in [0.05, 0.1) is 36.9 Å². The number of ether oxygens (including phenoxy) is 1. The molecule has 1 amide bonds. The first kappa shape index (κ1) is 22.9. The van der Waals surface area contributed by atoms with E-state index in [1.165, 1.54) is 0 Å². The van der Waals surface area contributed by atoms with E-state index in [0.717, 1.165) is 69.9 Å². The van der Waals surface area contributed by atoms with Gasteiger partial charge in [0.25, 0.3) is 5.91 Å². The summed E-state index contributed by atoms with van der Waals surface area (Å²) in [4.78, 5) is 23.1. The number of aromatic amines is 1. The van der Waals surface area contributed by atoms with E-state index in [0.29, 0.717) is 17.9 Å². The van der Waals surface area contributed by atoms with Crippen LogP contribution in [0.15, 0.2) is 40.5 Å². The Labute approximate surface area is 206 Å². The number of aliphatic hydroxyl groups is 1. The van der Waals surface area contributed by atoms with Gasteiger partial charge in [0, 0.05) is 35.5 Å². The van der Waals surface area contributed by atoms with E-state index in [-0.39, 0.29) is 12.5 Å². The number of benzene rings is 2. The molecule has 1 aromatic heterocycles. The Morgan fingerprint density at radius 1 is 1.21 bits per heavy atom. The predicted octanol–water partition coefficient (Wildman–Crippen LogP) is 2.94. The van der Waals surface area contributed by atoms with E-state index in [9.17, 15) is 9.90 Å². The number of amides is 1. The molecule has 0 radical (unpaired) electrons. The van der Waals surface area contributed by atoms with E-state index < -0.39 is 6.10 Å². The molecular weight excluding hydrogens is 498 g/mol. The SMILES string of the molecule is Cc1ccc(C(O)CNC2=C(c3nc4c(C)cc(N5CCOCC5)cc4[nH]3)C(=O)NC2)cc1Br. The number of H-pyrrole nitrogens is 1. The molecule has 3 aromatic rings. The van der Waals surface area contributed by atoms with Crippen LogP contribution in [0.3, 0.4) is 0 Å². The molecule has 8 nitrogen and oxygen atoms in total. The molecular formula is C25H28BrN5O3. The summed E-state index contributed by atoms with van der Waals surface area (Å²) in [5, 5.41) is 16.8. The van der Waals surface area contributed by atoms with Crippen LogP contribution in [-0.4, -0.2) is 60.4 Å². The number of imidazole rings is 1. The summed E-state index contributed by atoms with van der Waals surface area (Å²) in [6, 6.07) is 10.0. The molecule has 178 valence electrons. The number of aliphatic hydroxyl groups excluding tert-OH is 1. The van der Waals surface area contributed by atoms with Crippen molar-refractivity contribution >= 4 is 44.1 Å². The van der Waals surface area contributed by atoms with Crippen LogP contribution in [0.5, 0.6) is 0 Å². The zero-order chi connectivity index (χ0) is 23.8. The Kier molecular flexibility index (Phi) is 6.33. The first-order valence-corrected chi connectivity index (χ1v) is 12.2. The van der Waals surface area contributed by atoms with Crippen molar-refractivity contribution in [2.24, 2.45) is 0 Å². The van der Waals surface area contributed by atoms with Crippen LogP contribution in [0, 0.1) is 13.8 Å². The summed E-state index contributed by atoms with van der Waals surface area (Å²) in [6.45, 7) is 7.84. The van der Waals surface area contributed by atoms with Gasteiger partial charge in [-0.05, 0) is 48.7 Å². The van der Waals surface area contributed by atoms with Crippen LogP contribution >= 0.6 is 15.9 Å². The van der Waals surface area contributed by atoms with Crippen LogP contribution in [0.4, 0.5) is 5.69 Å². The fraction of sp³-hybridized carbons (Fsp3) is 0.360. The van der Waals surface area contributed by atoms with Gasteiger partial charge in [-0.25, -0.2) is 4.98 Å². The third-order valence-electron chi connectivity index (χ3n) is 6.42. The zero-order valence-electron chi connectivity index (χ0n) is 19.2. The van der Waals surface area contributed by atoms with Crippen molar-refractivity contribution in [3.05, 3.63) is 63.0 Å². The van der Waals surface area contributed by atoms with Crippen molar-refractivity contribution < 1.29 is 14.6 Å². The molecule has 2 aromatic carbocycles. The fourth-order valence-corrected chi connectivity index (χ4v) is 4.83. The maximum absolute atomic E-state index is 12.7. The smallest absolute Gasteiger partial charge is 0.257 e. The van der Waals surface area contributed by atoms with Gasteiger partial charge < -0.3 is 30.4 Å². The minimum Gasteiger partial charge on any atom is -0.387 e. The molecule has 1 unspecified atom stereocenters.